The van der Waals surface area contributed by atoms with Gasteiger partial charge in [-0.2, -0.15) is 4.98 Å². The first-order valence-electron chi connectivity index (χ1n) is 10.7. The molecule has 0 aliphatic heterocycles. The van der Waals surface area contributed by atoms with Crippen molar-refractivity contribution in [1.82, 2.24) is 9.97 Å². The summed E-state index contributed by atoms with van der Waals surface area (Å²) in [6, 6.07) is 12.7. The van der Waals surface area contributed by atoms with Crippen molar-refractivity contribution in [2.24, 2.45) is 0 Å². The molecule has 0 aliphatic carbocycles. The predicted molar refractivity (Wildman–Crippen MR) is 134 cm³/mol. The normalized spacial score (nSPS) is 10.6. The second-order valence-electron chi connectivity index (χ2n) is 7.23. The molecule has 34 heavy (non-hydrogen) atoms. The summed E-state index contributed by atoms with van der Waals surface area (Å²) in [5.41, 5.74) is 3.10. The van der Waals surface area contributed by atoms with E-state index in [4.69, 9.17) is 14.2 Å². The summed E-state index contributed by atoms with van der Waals surface area (Å²) < 4.78 is 16.0. The third-order valence-electron chi connectivity index (χ3n) is 4.73. The summed E-state index contributed by atoms with van der Waals surface area (Å²) in [4.78, 5) is 21.2. The van der Waals surface area contributed by atoms with Crippen LogP contribution in [0.5, 0.6) is 17.2 Å². The van der Waals surface area contributed by atoms with Crippen LogP contribution in [-0.2, 0) is 4.79 Å². The molecule has 0 aliphatic rings. The first kappa shape index (κ1) is 24.4. The molecule has 178 valence electrons. The molecule has 1 amide bonds. The highest BCUT2D eigenvalue weighted by Crippen LogP contribution is 2.38. The molecular weight excluding hydrogens is 434 g/mol. The Morgan fingerprint density at radius 3 is 2.18 bits per heavy atom. The van der Waals surface area contributed by atoms with Crippen molar-refractivity contribution in [3.63, 3.8) is 0 Å². The van der Waals surface area contributed by atoms with E-state index in [9.17, 15) is 4.79 Å². The fourth-order valence-corrected chi connectivity index (χ4v) is 3.21. The highest BCUT2D eigenvalue weighted by atomic mass is 16.5. The number of ether oxygens (including phenoxy) is 3. The molecule has 9 nitrogen and oxygen atoms in total. The van der Waals surface area contributed by atoms with Gasteiger partial charge in [0.1, 0.15) is 5.82 Å². The SMILES string of the molecule is CCNc1nc(C)cc(Nc2ccc(NC(=O)/C=C/c3cc(OC)c(OC)c(OC)c3)cc2)n1. The molecule has 9 heteroatoms. The van der Waals surface area contributed by atoms with Crippen molar-refractivity contribution in [3.05, 3.63) is 59.8 Å². The summed E-state index contributed by atoms with van der Waals surface area (Å²) in [5, 5.41) is 9.20. The maximum Gasteiger partial charge on any atom is 0.248 e. The van der Waals surface area contributed by atoms with E-state index in [1.165, 1.54) is 6.08 Å². The second kappa shape index (κ2) is 11.6. The maximum absolute atomic E-state index is 12.4. The van der Waals surface area contributed by atoms with Gasteiger partial charge in [0.25, 0.3) is 0 Å². The molecule has 1 heterocycles. The monoisotopic (exact) mass is 463 g/mol. The van der Waals surface area contributed by atoms with Gasteiger partial charge in [-0.3, -0.25) is 4.79 Å². The lowest BCUT2D eigenvalue weighted by Gasteiger charge is -2.12. The zero-order valence-corrected chi connectivity index (χ0v) is 19.9. The molecule has 0 fully saturated rings. The number of amides is 1. The van der Waals surface area contributed by atoms with Crippen LogP contribution in [0.25, 0.3) is 6.08 Å². The van der Waals surface area contributed by atoms with Crippen LogP contribution in [0.3, 0.4) is 0 Å². The van der Waals surface area contributed by atoms with Crippen molar-refractivity contribution in [2.75, 3.05) is 43.8 Å². The topological polar surface area (TPSA) is 107 Å². The van der Waals surface area contributed by atoms with Gasteiger partial charge in [-0.1, -0.05) is 0 Å². The number of rotatable bonds is 10. The molecule has 3 rings (SSSR count). The average molecular weight is 464 g/mol. The Balaban J connectivity index is 1.65. The fraction of sp³-hybridized carbons (Fsp3) is 0.240. The number of benzene rings is 2. The predicted octanol–water partition coefficient (Wildman–Crippen LogP) is 4.64. The van der Waals surface area contributed by atoms with Gasteiger partial charge in [0.05, 0.1) is 21.3 Å². The Labute approximate surface area is 199 Å². The van der Waals surface area contributed by atoms with Gasteiger partial charge in [0.2, 0.25) is 17.6 Å². The van der Waals surface area contributed by atoms with Crippen molar-refractivity contribution in [1.29, 1.82) is 0 Å². The summed E-state index contributed by atoms with van der Waals surface area (Å²) in [6.45, 7) is 4.65. The lowest BCUT2D eigenvalue weighted by Crippen LogP contribution is -2.08. The number of aryl methyl sites for hydroxylation is 1. The van der Waals surface area contributed by atoms with Gasteiger partial charge < -0.3 is 30.2 Å². The fourth-order valence-electron chi connectivity index (χ4n) is 3.21. The molecule has 0 bridgehead atoms. The molecule has 2 aromatic carbocycles. The molecular formula is C25H29N5O4. The number of methoxy groups -OCH3 is 3. The minimum Gasteiger partial charge on any atom is -0.493 e. The summed E-state index contributed by atoms with van der Waals surface area (Å²) in [7, 11) is 4.63. The highest BCUT2D eigenvalue weighted by molar-refractivity contribution is 6.02. The number of anilines is 4. The molecule has 0 unspecified atom stereocenters. The van der Waals surface area contributed by atoms with E-state index in [1.807, 2.05) is 44.2 Å². The number of hydrogen-bond acceptors (Lipinski definition) is 8. The van der Waals surface area contributed by atoms with E-state index in [0.29, 0.717) is 34.7 Å². The van der Waals surface area contributed by atoms with Crippen LogP contribution in [0.1, 0.15) is 18.2 Å². The Morgan fingerprint density at radius 1 is 0.941 bits per heavy atom. The van der Waals surface area contributed by atoms with Crippen molar-refractivity contribution >= 4 is 35.1 Å². The van der Waals surface area contributed by atoms with Gasteiger partial charge in [0.15, 0.2) is 11.5 Å². The smallest absolute Gasteiger partial charge is 0.248 e. The number of nitrogens with zero attached hydrogens (tertiary/aromatic N) is 2. The Hall–Kier alpha value is -4.27. The van der Waals surface area contributed by atoms with E-state index in [2.05, 4.69) is 25.9 Å². The summed E-state index contributed by atoms with van der Waals surface area (Å²) >= 11 is 0. The lowest BCUT2D eigenvalue weighted by molar-refractivity contribution is -0.111. The van der Waals surface area contributed by atoms with Gasteiger partial charge in [0, 0.05) is 35.8 Å². The number of carbonyl (C=O) groups excluding carboxylic acids is 1. The molecule has 3 N–H and O–H groups in total. The third kappa shape index (κ3) is 6.38. The summed E-state index contributed by atoms with van der Waals surface area (Å²) in [5.74, 6) is 2.52. The van der Waals surface area contributed by atoms with Gasteiger partial charge in [-0.25, -0.2) is 4.98 Å². The average Bonchev–Trinajstić information content (AvgIpc) is 2.83. The molecule has 1 aromatic heterocycles. The van der Waals surface area contributed by atoms with Crippen molar-refractivity contribution in [2.45, 2.75) is 13.8 Å². The van der Waals surface area contributed by atoms with E-state index < -0.39 is 0 Å². The van der Waals surface area contributed by atoms with E-state index in [0.717, 1.165) is 23.5 Å². The van der Waals surface area contributed by atoms with Crippen LogP contribution in [0.4, 0.5) is 23.1 Å². The number of aromatic nitrogens is 2. The maximum atomic E-state index is 12.4. The number of carbonyl (C=O) groups is 1. The van der Waals surface area contributed by atoms with Crippen LogP contribution in [0.2, 0.25) is 0 Å². The van der Waals surface area contributed by atoms with Gasteiger partial charge >= 0.3 is 0 Å². The van der Waals surface area contributed by atoms with Gasteiger partial charge in [-0.15, -0.1) is 0 Å². The minimum absolute atomic E-state index is 0.267. The number of hydrogen-bond donors (Lipinski definition) is 3. The zero-order chi connectivity index (χ0) is 24.5. The molecule has 0 saturated carbocycles. The van der Waals surface area contributed by atoms with E-state index >= 15 is 0 Å². The van der Waals surface area contributed by atoms with Crippen LogP contribution >= 0.6 is 0 Å². The third-order valence-corrected chi connectivity index (χ3v) is 4.73. The summed E-state index contributed by atoms with van der Waals surface area (Å²) in [6.07, 6.45) is 3.12. The molecule has 0 saturated heterocycles. The first-order chi connectivity index (χ1) is 16.4. The van der Waals surface area contributed by atoms with Crippen molar-refractivity contribution in [3.8, 4) is 17.2 Å². The Bertz CT molecular complexity index is 1140. The van der Waals surface area contributed by atoms with Crippen LogP contribution in [-0.4, -0.2) is 43.7 Å². The second-order valence-corrected chi connectivity index (χ2v) is 7.23. The van der Waals surface area contributed by atoms with Crippen LogP contribution < -0.4 is 30.2 Å². The first-order valence-corrected chi connectivity index (χ1v) is 10.7. The molecule has 0 atom stereocenters. The molecule has 3 aromatic rings. The standard InChI is InChI=1S/C25H29N5O4/c1-6-26-25-27-16(2)13-22(30-25)28-18-8-10-19(11-9-18)29-23(31)12-7-17-14-20(32-3)24(34-5)21(15-17)33-4/h7-15H,6H2,1-5H3,(H,29,31)(H2,26,27,28,30)/b12-7+. The molecule has 0 spiro atoms. The molecule has 0 radical (unpaired) electrons. The number of nitrogens with one attached hydrogen (secondary N) is 3. The van der Waals surface area contributed by atoms with Gasteiger partial charge in [-0.05, 0) is 61.9 Å². The largest absolute Gasteiger partial charge is 0.493 e. The van der Waals surface area contributed by atoms with Crippen molar-refractivity contribution < 1.29 is 19.0 Å². The minimum atomic E-state index is -0.267. The van der Waals surface area contributed by atoms with Crippen LogP contribution in [0, 0.1) is 6.92 Å². The van der Waals surface area contributed by atoms with E-state index in [-0.39, 0.29) is 5.91 Å². The highest BCUT2D eigenvalue weighted by Gasteiger charge is 2.12. The quantitative estimate of drug-likeness (QED) is 0.374. The van der Waals surface area contributed by atoms with E-state index in [1.54, 1.807) is 39.5 Å². The van der Waals surface area contributed by atoms with Crippen LogP contribution in [0.15, 0.2) is 48.5 Å². The zero-order valence-electron chi connectivity index (χ0n) is 19.9. The Kier molecular flexibility index (Phi) is 8.28. The Morgan fingerprint density at radius 2 is 1.59 bits per heavy atom. The lowest BCUT2D eigenvalue weighted by atomic mass is 10.1.